The molecule has 0 spiro atoms. The van der Waals surface area contributed by atoms with E-state index in [0.29, 0.717) is 78.5 Å². The highest BCUT2D eigenvalue weighted by molar-refractivity contribution is 6.05. The molecule has 0 radical (unpaired) electrons. The topological polar surface area (TPSA) is 174 Å². The first kappa shape index (κ1) is 31.5. The molecule has 5 aromatic rings. The highest BCUT2D eigenvalue weighted by Gasteiger charge is 2.45. The van der Waals surface area contributed by atoms with Gasteiger partial charge in [-0.25, -0.2) is 14.2 Å². The molecule has 8 rings (SSSR count). The summed E-state index contributed by atoms with van der Waals surface area (Å²) in [6.45, 7) is 3.85. The number of carbonyl (C=O) groups excluding carboxylic acids is 2. The number of carbonyl (C=O) groups is 2. The van der Waals surface area contributed by atoms with Crippen LogP contribution in [0.5, 0.6) is 11.5 Å². The summed E-state index contributed by atoms with van der Waals surface area (Å²) in [4.78, 5) is 37.7. The van der Waals surface area contributed by atoms with E-state index in [9.17, 15) is 14.9 Å². The first-order valence-corrected chi connectivity index (χ1v) is 16.8. The van der Waals surface area contributed by atoms with Crippen LogP contribution < -0.4 is 20.1 Å². The Hall–Kier alpha value is -5.75. The second-order valence-corrected chi connectivity index (χ2v) is 13.0. The Bertz CT molecular complexity index is 2140. The maximum atomic E-state index is 13.7. The molecule has 15 nitrogen and oxygen atoms in total. The van der Waals surface area contributed by atoms with Crippen molar-refractivity contribution in [2.24, 2.45) is 11.3 Å². The number of nitrogens with zero attached hydrogens (tertiary/aromatic N) is 8. The fraction of sp³-hybridized carbons (Fsp3) is 0.400. The summed E-state index contributed by atoms with van der Waals surface area (Å²) in [5, 5.41) is 25.4. The fourth-order valence-corrected chi connectivity index (χ4v) is 6.57. The summed E-state index contributed by atoms with van der Waals surface area (Å²) in [7, 11) is 1.59. The van der Waals surface area contributed by atoms with Crippen LogP contribution in [0.1, 0.15) is 36.2 Å². The normalized spacial score (nSPS) is 17.0. The number of methoxy groups -OCH3 is 1. The van der Waals surface area contributed by atoms with Crippen LogP contribution in [0.15, 0.2) is 49.1 Å². The molecule has 2 fully saturated rings. The van der Waals surface area contributed by atoms with Gasteiger partial charge in [-0.3, -0.25) is 14.6 Å². The Morgan fingerprint density at radius 3 is 2.84 bits per heavy atom. The van der Waals surface area contributed by atoms with Gasteiger partial charge in [0.1, 0.15) is 30.4 Å². The lowest BCUT2D eigenvalue weighted by atomic mass is 9.97. The molecular weight excluding hydrogens is 640 g/mol. The van der Waals surface area contributed by atoms with E-state index in [2.05, 4.69) is 31.7 Å². The lowest BCUT2D eigenvalue weighted by Crippen LogP contribution is -2.41. The number of piperidine rings is 1. The quantitative estimate of drug-likeness (QED) is 0.207. The van der Waals surface area contributed by atoms with Crippen molar-refractivity contribution in [1.29, 1.82) is 5.26 Å². The zero-order chi connectivity index (χ0) is 34.2. The Morgan fingerprint density at radius 2 is 2.04 bits per heavy atom. The minimum atomic E-state index is -0.459. The molecule has 1 aliphatic carbocycles. The van der Waals surface area contributed by atoms with Gasteiger partial charge in [0.2, 0.25) is 0 Å². The van der Waals surface area contributed by atoms with E-state index in [1.54, 1.807) is 41.0 Å². The van der Waals surface area contributed by atoms with Crippen LogP contribution in [-0.2, 0) is 9.53 Å². The largest absolute Gasteiger partial charge is 0.494 e. The summed E-state index contributed by atoms with van der Waals surface area (Å²) in [5.74, 6) is 0.504. The van der Waals surface area contributed by atoms with Crippen LogP contribution in [0.25, 0.3) is 33.5 Å². The molecule has 1 saturated carbocycles. The molecule has 0 bridgehead atoms. The van der Waals surface area contributed by atoms with Gasteiger partial charge in [0.05, 0.1) is 58.6 Å². The predicted molar refractivity (Wildman–Crippen MR) is 181 cm³/mol. The van der Waals surface area contributed by atoms with Gasteiger partial charge in [0.25, 0.3) is 5.91 Å². The van der Waals surface area contributed by atoms with Crippen LogP contribution in [0.4, 0.5) is 5.69 Å². The van der Waals surface area contributed by atoms with Crippen molar-refractivity contribution >= 4 is 34.1 Å². The lowest BCUT2D eigenvalue weighted by molar-refractivity contribution is -0.151. The smallest absolute Gasteiger partial charge is 0.309 e. The number of rotatable bonds is 10. The van der Waals surface area contributed by atoms with E-state index in [1.165, 1.54) is 0 Å². The molecule has 15 heteroatoms. The SMILES string of the molecule is COc1cc2c(cc1-n1nc(C(=O)NCCN3CCC(C(=O)OCC4(C#N)CC4)CC3)c3cnc(-c4cnn5cccnc45)cc31)OCCN2. The number of ether oxygens (including phenoxy) is 3. The third-order valence-corrected chi connectivity index (χ3v) is 9.74. The molecule has 2 aliphatic heterocycles. The summed E-state index contributed by atoms with van der Waals surface area (Å²) >= 11 is 0. The van der Waals surface area contributed by atoms with E-state index in [4.69, 9.17) is 24.3 Å². The van der Waals surface area contributed by atoms with Crippen molar-refractivity contribution in [3.63, 3.8) is 0 Å². The van der Waals surface area contributed by atoms with E-state index in [-0.39, 0.29) is 30.1 Å². The zero-order valence-electron chi connectivity index (χ0n) is 27.6. The van der Waals surface area contributed by atoms with Crippen molar-refractivity contribution in [1.82, 2.24) is 39.6 Å². The van der Waals surface area contributed by atoms with Crippen molar-refractivity contribution in [3.8, 4) is 34.5 Å². The number of nitrogens with one attached hydrogen (secondary N) is 2. The number of amides is 1. The standard InChI is InChI=1S/C35H36N10O5/c1-48-30-16-26-29(49-14-9-37-26)17-28(30)45-27-15-25(23-19-41-44-10-2-7-38-32(23)44)40-18-24(27)31(42-45)33(46)39-8-13-43-11-3-22(4-12-43)34(47)50-21-35(20-36)5-6-35/h2,7,10,15-19,22,37H,3-6,8-9,11-14,21H2,1H3,(H,39,46). The lowest BCUT2D eigenvalue weighted by Gasteiger charge is -2.30. The highest BCUT2D eigenvalue weighted by Crippen LogP contribution is 2.45. The molecule has 1 saturated heterocycles. The number of benzene rings is 1. The predicted octanol–water partition coefficient (Wildman–Crippen LogP) is 3.23. The zero-order valence-corrected chi connectivity index (χ0v) is 27.6. The number of hydrogen-bond donors (Lipinski definition) is 2. The second kappa shape index (κ2) is 12.9. The van der Waals surface area contributed by atoms with E-state index in [1.807, 2.05) is 24.4 Å². The van der Waals surface area contributed by atoms with Gasteiger partial charge in [0.15, 0.2) is 11.3 Å². The fourth-order valence-electron chi connectivity index (χ4n) is 6.57. The van der Waals surface area contributed by atoms with Gasteiger partial charge in [-0.1, -0.05) is 0 Å². The monoisotopic (exact) mass is 676 g/mol. The van der Waals surface area contributed by atoms with Gasteiger partial charge >= 0.3 is 5.97 Å². The molecule has 0 atom stereocenters. The van der Waals surface area contributed by atoms with Crippen LogP contribution in [0.2, 0.25) is 0 Å². The van der Waals surface area contributed by atoms with E-state index >= 15 is 0 Å². The molecule has 256 valence electrons. The maximum Gasteiger partial charge on any atom is 0.309 e. The number of nitriles is 1. The van der Waals surface area contributed by atoms with Gasteiger partial charge in [-0.05, 0) is 50.9 Å². The van der Waals surface area contributed by atoms with E-state index < -0.39 is 5.41 Å². The number of anilines is 1. The van der Waals surface area contributed by atoms with Crippen molar-refractivity contribution < 1.29 is 23.8 Å². The summed E-state index contributed by atoms with van der Waals surface area (Å²) in [6, 6.07) is 9.68. The molecule has 0 unspecified atom stereocenters. The number of hydrogen-bond acceptors (Lipinski definition) is 12. The molecule has 2 N–H and O–H groups in total. The van der Waals surface area contributed by atoms with E-state index in [0.717, 1.165) is 37.2 Å². The van der Waals surface area contributed by atoms with Gasteiger partial charge < -0.3 is 29.7 Å². The summed E-state index contributed by atoms with van der Waals surface area (Å²) in [5.41, 5.74) is 3.85. The number of fused-ring (bicyclic) bond motifs is 3. The second-order valence-electron chi connectivity index (χ2n) is 13.0. The van der Waals surface area contributed by atoms with Gasteiger partial charge in [-0.15, -0.1) is 0 Å². The van der Waals surface area contributed by atoms with Crippen molar-refractivity contribution in [2.75, 3.05) is 58.4 Å². The summed E-state index contributed by atoms with van der Waals surface area (Å²) < 4.78 is 20.6. The first-order chi connectivity index (χ1) is 24.4. The Labute approximate surface area is 287 Å². The average Bonchev–Trinajstić information content (AvgIpc) is 3.66. The Morgan fingerprint density at radius 1 is 1.18 bits per heavy atom. The molecule has 1 aromatic carbocycles. The van der Waals surface area contributed by atoms with Crippen LogP contribution >= 0.6 is 0 Å². The minimum absolute atomic E-state index is 0.165. The number of likely N-dealkylation sites (tertiary alicyclic amines) is 1. The van der Waals surface area contributed by atoms with Gasteiger partial charge in [0, 0.05) is 50.4 Å². The molecule has 4 aromatic heterocycles. The molecule has 1 amide bonds. The minimum Gasteiger partial charge on any atom is -0.494 e. The molecule has 3 aliphatic rings. The molecular formula is C35H36N10O5. The number of pyridine rings is 1. The molecule has 50 heavy (non-hydrogen) atoms. The van der Waals surface area contributed by atoms with Crippen molar-refractivity contribution in [2.45, 2.75) is 25.7 Å². The van der Waals surface area contributed by atoms with Gasteiger partial charge in [-0.2, -0.15) is 15.5 Å². The Kier molecular flexibility index (Phi) is 8.15. The first-order valence-electron chi connectivity index (χ1n) is 16.8. The van der Waals surface area contributed by atoms with Crippen LogP contribution in [-0.4, -0.2) is 99.2 Å². The third kappa shape index (κ3) is 5.91. The Balaban J connectivity index is 1.02. The van der Waals surface area contributed by atoms with Crippen LogP contribution in [0, 0.1) is 22.7 Å². The molecule has 6 heterocycles. The summed E-state index contributed by atoms with van der Waals surface area (Å²) in [6.07, 6.45) is 9.85. The number of aromatic nitrogens is 6. The highest BCUT2D eigenvalue weighted by atomic mass is 16.5. The maximum absolute atomic E-state index is 13.7. The van der Waals surface area contributed by atoms with Crippen molar-refractivity contribution in [3.05, 3.63) is 54.7 Å². The number of esters is 1. The third-order valence-electron chi connectivity index (χ3n) is 9.74. The average molecular weight is 677 g/mol. The van der Waals surface area contributed by atoms with Crippen LogP contribution in [0.3, 0.4) is 0 Å².